The normalized spacial score (nSPS) is 10.7. The number of amides is 1. The Kier molecular flexibility index (Phi) is 8.06. The highest BCUT2D eigenvalue weighted by molar-refractivity contribution is 6.09. The van der Waals surface area contributed by atoms with Crippen molar-refractivity contribution in [3.63, 3.8) is 0 Å². The van der Waals surface area contributed by atoms with E-state index >= 15 is 0 Å². The molecular formula is C18H23N3O3. The van der Waals surface area contributed by atoms with Crippen LogP contribution in [-0.4, -0.2) is 37.0 Å². The molecule has 1 rings (SSSR count). The average Bonchev–Trinajstić information content (AvgIpc) is 2.59. The molecule has 24 heavy (non-hydrogen) atoms. The topological polar surface area (TPSA) is 82.4 Å². The van der Waals surface area contributed by atoms with Crippen LogP contribution in [-0.2, 0) is 9.53 Å². The van der Waals surface area contributed by atoms with Crippen molar-refractivity contribution in [1.29, 1.82) is 5.26 Å². The number of ether oxygens (including phenoxy) is 1. The summed E-state index contributed by atoms with van der Waals surface area (Å²) in [7, 11) is 1.27. The van der Waals surface area contributed by atoms with Gasteiger partial charge in [-0.1, -0.05) is 26.0 Å². The standard InChI is InChI=1S/C18H23N3O3/c1-4-10-21(11-5-2)13-14(12-19)17(22)20-16-9-7-6-8-15(16)18(23)24-3/h6-9,13H,4-5,10-11H2,1-3H3,(H,20,22)/b14-13-. The van der Waals surface area contributed by atoms with Gasteiger partial charge in [-0.05, 0) is 25.0 Å². The molecule has 1 amide bonds. The number of carbonyl (C=O) groups excluding carboxylic acids is 2. The fraction of sp³-hybridized carbons (Fsp3) is 0.389. The second-order valence-electron chi connectivity index (χ2n) is 5.18. The maximum Gasteiger partial charge on any atom is 0.339 e. The van der Waals surface area contributed by atoms with E-state index in [0.29, 0.717) is 5.69 Å². The van der Waals surface area contributed by atoms with E-state index in [0.717, 1.165) is 25.9 Å². The van der Waals surface area contributed by atoms with E-state index in [1.165, 1.54) is 7.11 Å². The van der Waals surface area contributed by atoms with E-state index in [1.807, 2.05) is 24.8 Å². The van der Waals surface area contributed by atoms with Gasteiger partial charge in [0.05, 0.1) is 18.4 Å². The number of methoxy groups -OCH3 is 1. The van der Waals surface area contributed by atoms with Crippen molar-refractivity contribution in [1.82, 2.24) is 4.90 Å². The second kappa shape index (κ2) is 10.1. The minimum Gasteiger partial charge on any atom is -0.465 e. The molecule has 0 atom stereocenters. The summed E-state index contributed by atoms with van der Waals surface area (Å²) in [6, 6.07) is 8.44. The summed E-state index contributed by atoms with van der Waals surface area (Å²) in [6.07, 6.45) is 3.41. The molecule has 0 unspecified atom stereocenters. The summed E-state index contributed by atoms with van der Waals surface area (Å²) in [5.41, 5.74) is 0.550. The monoisotopic (exact) mass is 329 g/mol. The molecule has 0 aliphatic carbocycles. The van der Waals surface area contributed by atoms with Gasteiger partial charge >= 0.3 is 5.97 Å². The van der Waals surface area contributed by atoms with E-state index in [4.69, 9.17) is 4.74 Å². The SMILES string of the molecule is CCCN(/C=C(/C#N)C(=O)Nc1ccccc1C(=O)OC)CCC. The minimum absolute atomic E-state index is 0.00318. The molecular weight excluding hydrogens is 306 g/mol. The molecule has 0 saturated heterocycles. The zero-order valence-corrected chi connectivity index (χ0v) is 14.3. The van der Waals surface area contributed by atoms with Crippen molar-refractivity contribution in [3.8, 4) is 6.07 Å². The van der Waals surface area contributed by atoms with Crippen molar-refractivity contribution in [2.75, 3.05) is 25.5 Å². The first-order chi connectivity index (χ1) is 11.6. The van der Waals surface area contributed by atoms with Crippen LogP contribution in [0.4, 0.5) is 5.69 Å². The van der Waals surface area contributed by atoms with Gasteiger partial charge < -0.3 is 15.0 Å². The van der Waals surface area contributed by atoms with E-state index < -0.39 is 11.9 Å². The van der Waals surface area contributed by atoms with Crippen LogP contribution in [0.1, 0.15) is 37.0 Å². The van der Waals surface area contributed by atoms with E-state index in [2.05, 4.69) is 5.32 Å². The van der Waals surface area contributed by atoms with Gasteiger partial charge in [-0.2, -0.15) is 5.26 Å². The molecule has 0 saturated carbocycles. The fourth-order valence-electron chi connectivity index (χ4n) is 2.21. The van der Waals surface area contributed by atoms with Crippen LogP contribution < -0.4 is 5.32 Å². The van der Waals surface area contributed by atoms with E-state index in [9.17, 15) is 14.9 Å². The number of nitriles is 1. The van der Waals surface area contributed by atoms with Crippen LogP contribution in [0.15, 0.2) is 36.0 Å². The lowest BCUT2D eigenvalue weighted by Crippen LogP contribution is -2.23. The van der Waals surface area contributed by atoms with Crippen molar-refractivity contribution in [2.45, 2.75) is 26.7 Å². The highest BCUT2D eigenvalue weighted by atomic mass is 16.5. The molecule has 0 heterocycles. The largest absolute Gasteiger partial charge is 0.465 e. The van der Waals surface area contributed by atoms with Crippen molar-refractivity contribution in [2.24, 2.45) is 0 Å². The van der Waals surface area contributed by atoms with Crippen LogP contribution in [0.3, 0.4) is 0 Å². The highest BCUT2D eigenvalue weighted by Crippen LogP contribution is 2.17. The third-order valence-electron chi connectivity index (χ3n) is 3.28. The number of rotatable bonds is 8. The number of benzene rings is 1. The number of esters is 1. The molecule has 0 radical (unpaired) electrons. The first-order valence-corrected chi connectivity index (χ1v) is 7.92. The van der Waals surface area contributed by atoms with Gasteiger partial charge in [-0.3, -0.25) is 4.79 Å². The van der Waals surface area contributed by atoms with Crippen molar-refractivity contribution >= 4 is 17.6 Å². The number of nitrogens with zero attached hydrogens (tertiary/aromatic N) is 2. The molecule has 0 bridgehead atoms. The second-order valence-corrected chi connectivity index (χ2v) is 5.18. The molecule has 1 aromatic rings. The van der Waals surface area contributed by atoms with Crippen LogP contribution in [0, 0.1) is 11.3 Å². The predicted molar refractivity (Wildman–Crippen MR) is 92.3 cm³/mol. The van der Waals surface area contributed by atoms with Gasteiger partial charge in [0.15, 0.2) is 0 Å². The van der Waals surface area contributed by atoms with Gasteiger partial charge in [-0.25, -0.2) is 4.79 Å². The quantitative estimate of drug-likeness (QED) is 0.450. The summed E-state index contributed by atoms with van der Waals surface area (Å²) >= 11 is 0. The van der Waals surface area contributed by atoms with Gasteiger partial charge in [0.25, 0.3) is 5.91 Å². The van der Waals surface area contributed by atoms with Gasteiger partial charge in [0.1, 0.15) is 11.6 Å². The molecule has 0 spiro atoms. The van der Waals surface area contributed by atoms with E-state index in [1.54, 1.807) is 30.5 Å². The van der Waals surface area contributed by atoms with E-state index in [-0.39, 0.29) is 11.1 Å². The predicted octanol–water partition coefficient (Wildman–Crippen LogP) is 2.94. The fourth-order valence-corrected chi connectivity index (χ4v) is 2.21. The molecule has 6 heteroatoms. The molecule has 1 N–H and O–H groups in total. The molecule has 0 aromatic heterocycles. The zero-order valence-electron chi connectivity index (χ0n) is 14.3. The molecule has 0 fully saturated rings. The maximum atomic E-state index is 12.4. The number of carbonyl (C=O) groups is 2. The number of hydrogen-bond donors (Lipinski definition) is 1. The van der Waals surface area contributed by atoms with Gasteiger partial charge in [0, 0.05) is 19.3 Å². The molecule has 0 aliphatic heterocycles. The van der Waals surface area contributed by atoms with Crippen LogP contribution >= 0.6 is 0 Å². The average molecular weight is 329 g/mol. The highest BCUT2D eigenvalue weighted by Gasteiger charge is 2.16. The Balaban J connectivity index is 3.00. The Labute approximate surface area is 142 Å². The summed E-state index contributed by atoms with van der Waals surface area (Å²) in [4.78, 5) is 26.1. The lowest BCUT2D eigenvalue weighted by molar-refractivity contribution is -0.112. The molecule has 1 aromatic carbocycles. The third kappa shape index (κ3) is 5.43. The number of nitrogens with one attached hydrogen (secondary N) is 1. The number of para-hydroxylation sites is 1. The van der Waals surface area contributed by atoms with Crippen LogP contribution in [0.25, 0.3) is 0 Å². The van der Waals surface area contributed by atoms with Crippen LogP contribution in [0.5, 0.6) is 0 Å². The van der Waals surface area contributed by atoms with Crippen molar-refractivity contribution in [3.05, 3.63) is 41.6 Å². The first-order valence-electron chi connectivity index (χ1n) is 7.92. The minimum atomic E-state index is -0.550. The van der Waals surface area contributed by atoms with Gasteiger partial charge in [0.2, 0.25) is 0 Å². The summed E-state index contributed by atoms with van der Waals surface area (Å²) < 4.78 is 4.70. The Morgan fingerprint density at radius 3 is 2.42 bits per heavy atom. The molecule has 6 nitrogen and oxygen atoms in total. The summed E-state index contributed by atoms with van der Waals surface area (Å²) in [5, 5.41) is 11.9. The smallest absolute Gasteiger partial charge is 0.339 e. The number of hydrogen-bond acceptors (Lipinski definition) is 5. The molecule has 0 aliphatic rings. The summed E-state index contributed by atoms with van der Waals surface area (Å²) in [5.74, 6) is -1.10. The number of anilines is 1. The zero-order chi connectivity index (χ0) is 17.9. The van der Waals surface area contributed by atoms with Gasteiger partial charge in [-0.15, -0.1) is 0 Å². The Morgan fingerprint density at radius 2 is 1.88 bits per heavy atom. The maximum absolute atomic E-state index is 12.4. The Hall–Kier alpha value is -2.81. The van der Waals surface area contributed by atoms with Crippen molar-refractivity contribution < 1.29 is 14.3 Å². The summed E-state index contributed by atoms with van der Waals surface area (Å²) in [6.45, 7) is 5.61. The third-order valence-corrected chi connectivity index (χ3v) is 3.28. The Bertz CT molecular complexity index is 641. The Morgan fingerprint density at radius 1 is 1.25 bits per heavy atom. The van der Waals surface area contributed by atoms with Crippen LogP contribution in [0.2, 0.25) is 0 Å². The lowest BCUT2D eigenvalue weighted by atomic mass is 10.1. The first kappa shape index (κ1) is 19.2. The lowest BCUT2D eigenvalue weighted by Gasteiger charge is -2.19. The molecule has 128 valence electrons.